The molecule has 1 fully saturated rings. The highest BCUT2D eigenvalue weighted by atomic mass is 16.1. The lowest BCUT2D eigenvalue weighted by atomic mass is 10.1. The Labute approximate surface area is 214 Å². The molecule has 9 nitrogen and oxygen atoms in total. The first-order valence-electron chi connectivity index (χ1n) is 13.0. The van der Waals surface area contributed by atoms with E-state index in [-0.39, 0.29) is 5.91 Å². The van der Waals surface area contributed by atoms with Crippen molar-refractivity contribution in [2.24, 2.45) is 0 Å². The third-order valence-corrected chi connectivity index (χ3v) is 6.97. The first-order valence-corrected chi connectivity index (χ1v) is 13.0. The number of H-pyrrole nitrogens is 2. The lowest BCUT2D eigenvalue weighted by molar-refractivity contribution is -0.116. The molecule has 0 unspecified atom stereocenters. The van der Waals surface area contributed by atoms with Crippen LogP contribution in [0.25, 0.3) is 44.5 Å². The molecule has 6 rings (SSSR count). The van der Waals surface area contributed by atoms with Gasteiger partial charge in [-0.2, -0.15) is 5.10 Å². The average Bonchev–Trinajstić information content (AvgIpc) is 3.56. The molecule has 3 N–H and O–H groups in total. The van der Waals surface area contributed by atoms with Crippen LogP contribution in [-0.4, -0.2) is 49.1 Å². The molecule has 1 aliphatic rings. The first kappa shape index (κ1) is 23.1. The average molecular weight is 495 g/mol. The number of hydrogen-bond donors (Lipinski definition) is 3. The monoisotopic (exact) mass is 494 g/mol. The van der Waals surface area contributed by atoms with Gasteiger partial charge < -0.3 is 15.2 Å². The van der Waals surface area contributed by atoms with Crippen LogP contribution in [0.4, 0.5) is 11.5 Å². The molecule has 0 radical (unpaired) electrons. The maximum atomic E-state index is 12.2. The summed E-state index contributed by atoms with van der Waals surface area (Å²) in [6.07, 6.45) is 13.2. The molecule has 1 saturated heterocycles. The van der Waals surface area contributed by atoms with Gasteiger partial charge in [-0.1, -0.05) is 13.3 Å². The Morgan fingerprint density at radius 2 is 1.89 bits per heavy atom. The Bertz CT molecular complexity index is 1560. The Kier molecular flexibility index (Phi) is 6.26. The summed E-state index contributed by atoms with van der Waals surface area (Å²) in [7, 11) is 0. The van der Waals surface area contributed by atoms with Gasteiger partial charge in [0.15, 0.2) is 5.65 Å². The standard InChI is InChI=1S/C28H30N8O/c1-2-3-7-25(37)32-20-12-18(15-29-17-20)19-13-22-26(34-35-27(22)31-16-19)24-14-21-23(33-24)8-9-30-28(21)36-10-5-4-6-11-36/h8-9,12-17,33H,2-7,10-11H2,1H3,(H,32,37)(H,31,34,35). The number of aromatic amines is 2. The number of amides is 1. The smallest absolute Gasteiger partial charge is 0.224 e. The fourth-order valence-electron chi connectivity index (χ4n) is 5.02. The van der Waals surface area contributed by atoms with E-state index in [1.54, 1.807) is 18.6 Å². The minimum atomic E-state index is 0.00345. The summed E-state index contributed by atoms with van der Waals surface area (Å²) in [5.41, 5.74) is 5.94. The SMILES string of the molecule is CCCCC(=O)Nc1cncc(-c2cnc3[nH]nc(-c4cc5c(N6CCCCC6)nccc5[nH]4)c3c2)c1. The summed E-state index contributed by atoms with van der Waals surface area (Å²) in [5.74, 6) is 1.03. The highest BCUT2D eigenvalue weighted by molar-refractivity contribution is 5.99. The fourth-order valence-corrected chi connectivity index (χ4v) is 5.02. The molecule has 6 heterocycles. The summed E-state index contributed by atoms with van der Waals surface area (Å²) < 4.78 is 0. The summed E-state index contributed by atoms with van der Waals surface area (Å²) in [4.78, 5) is 31.8. The van der Waals surface area contributed by atoms with Crippen LogP contribution >= 0.6 is 0 Å². The number of unbranched alkanes of at least 4 members (excludes halogenated alkanes) is 1. The summed E-state index contributed by atoms with van der Waals surface area (Å²) in [6, 6.07) is 8.15. The van der Waals surface area contributed by atoms with Crippen molar-refractivity contribution in [3.63, 3.8) is 0 Å². The molecule has 9 heteroatoms. The van der Waals surface area contributed by atoms with E-state index in [0.717, 1.165) is 70.6 Å². The van der Waals surface area contributed by atoms with Crippen molar-refractivity contribution in [3.05, 3.63) is 49.1 Å². The van der Waals surface area contributed by atoms with Crippen molar-refractivity contribution in [2.75, 3.05) is 23.3 Å². The van der Waals surface area contributed by atoms with Crippen molar-refractivity contribution in [1.29, 1.82) is 0 Å². The van der Waals surface area contributed by atoms with E-state index < -0.39 is 0 Å². The van der Waals surface area contributed by atoms with Crippen molar-refractivity contribution in [1.82, 2.24) is 30.1 Å². The number of fused-ring (bicyclic) bond motifs is 2. The minimum absolute atomic E-state index is 0.00345. The molecule has 1 aliphatic heterocycles. The molecule has 0 saturated carbocycles. The molecule has 0 bridgehead atoms. The maximum Gasteiger partial charge on any atom is 0.224 e. The number of pyridine rings is 3. The minimum Gasteiger partial charge on any atom is -0.356 e. The maximum absolute atomic E-state index is 12.2. The third kappa shape index (κ3) is 4.64. The molecular weight excluding hydrogens is 464 g/mol. The van der Waals surface area contributed by atoms with E-state index in [1.807, 2.05) is 18.3 Å². The number of nitrogens with one attached hydrogen (secondary N) is 3. The number of carbonyl (C=O) groups is 1. The van der Waals surface area contributed by atoms with E-state index in [0.29, 0.717) is 17.8 Å². The van der Waals surface area contributed by atoms with Crippen molar-refractivity contribution < 1.29 is 4.79 Å². The van der Waals surface area contributed by atoms with Crippen molar-refractivity contribution >= 4 is 39.3 Å². The highest BCUT2D eigenvalue weighted by Crippen LogP contribution is 2.34. The van der Waals surface area contributed by atoms with Gasteiger partial charge in [0.1, 0.15) is 11.5 Å². The van der Waals surface area contributed by atoms with Crippen LogP contribution in [0.1, 0.15) is 45.4 Å². The Morgan fingerprint density at radius 1 is 1.03 bits per heavy atom. The van der Waals surface area contributed by atoms with Gasteiger partial charge in [-0.3, -0.25) is 14.9 Å². The highest BCUT2D eigenvalue weighted by Gasteiger charge is 2.19. The first-order chi connectivity index (χ1) is 18.2. The molecule has 0 aromatic carbocycles. The fraction of sp³-hybridized carbons (Fsp3) is 0.321. The van der Waals surface area contributed by atoms with Gasteiger partial charge in [-0.05, 0) is 49.9 Å². The van der Waals surface area contributed by atoms with E-state index in [2.05, 4.69) is 54.4 Å². The van der Waals surface area contributed by atoms with Crippen LogP contribution in [0.15, 0.2) is 49.1 Å². The zero-order valence-corrected chi connectivity index (χ0v) is 20.9. The van der Waals surface area contributed by atoms with E-state index in [9.17, 15) is 4.79 Å². The summed E-state index contributed by atoms with van der Waals surface area (Å²) in [6.45, 7) is 4.15. The van der Waals surface area contributed by atoms with Gasteiger partial charge in [0.2, 0.25) is 5.91 Å². The topological polar surface area (TPSA) is 115 Å². The number of anilines is 2. The summed E-state index contributed by atoms with van der Waals surface area (Å²) >= 11 is 0. The molecule has 188 valence electrons. The number of piperidine rings is 1. The number of hydrogen-bond acceptors (Lipinski definition) is 6. The van der Waals surface area contributed by atoms with E-state index in [1.165, 1.54) is 19.3 Å². The zero-order valence-electron chi connectivity index (χ0n) is 20.9. The largest absolute Gasteiger partial charge is 0.356 e. The second-order valence-corrected chi connectivity index (χ2v) is 9.63. The second kappa shape index (κ2) is 10.0. The van der Waals surface area contributed by atoms with Crippen LogP contribution in [-0.2, 0) is 4.79 Å². The number of nitrogens with zero attached hydrogens (tertiary/aromatic N) is 5. The summed E-state index contributed by atoms with van der Waals surface area (Å²) in [5, 5.41) is 12.6. The van der Waals surface area contributed by atoms with Crippen LogP contribution in [0.2, 0.25) is 0 Å². The molecule has 0 aliphatic carbocycles. The number of aromatic nitrogens is 6. The van der Waals surface area contributed by atoms with Gasteiger partial charge in [0, 0.05) is 60.0 Å². The second-order valence-electron chi connectivity index (χ2n) is 9.63. The predicted molar refractivity (Wildman–Crippen MR) is 146 cm³/mol. The van der Waals surface area contributed by atoms with Gasteiger partial charge in [-0.15, -0.1) is 0 Å². The molecule has 1 amide bonds. The van der Waals surface area contributed by atoms with Crippen molar-refractivity contribution in [3.8, 4) is 22.5 Å². The third-order valence-electron chi connectivity index (χ3n) is 6.97. The molecule has 0 atom stereocenters. The molecule has 5 aromatic heterocycles. The Hall–Kier alpha value is -4.27. The lowest BCUT2D eigenvalue weighted by Crippen LogP contribution is -2.30. The van der Waals surface area contributed by atoms with Crippen LogP contribution in [0.3, 0.4) is 0 Å². The van der Waals surface area contributed by atoms with Gasteiger partial charge in [0.25, 0.3) is 0 Å². The quantitative estimate of drug-likeness (QED) is 0.268. The van der Waals surface area contributed by atoms with Gasteiger partial charge in [-0.25, -0.2) is 9.97 Å². The predicted octanol–water partition coefficient (Wildman–Crippen LogP) is 5.68. The van der Waals surface area contributed by atoms with E-state index >= 15 is 0 Å². The number of carbonyl (C=O) groups excluding carboxylic acids is 1. The number of rotatable bonds is 7. The van der Waals surface area contributed by atoms with Crippen LogP contribution in [0, 0.1) is 0 Å². The van der Waals surface area contributed by atoms with Gasteiger partial charge in [0.05, 0.1) is 23.1 Å². The van der Waals surface area contributed by atoms with E-state index in [4.69, 9.17) is 4.98 Å². The zero-order chi connectivity index (χ0) is 25.2. The molecule has 37 heavy (non-hydrogen) atoms. The van der Waals surface area contributed by atoms with Gasteiger partial charge >= 0.3 is 0 Å². The lowest BCUT2D eigenvalue weighted by Gasteiger charge is -2.28. The van der Waals surface area contributed by atoms with Crippen LogP contribution < -0.4 is 10.2 Å². The normalized spacial score (nSPS) is 13.9. The van der Waals surface area contributed by atoms with Crippen molar-refractivity contribution in [2.45, 2.75) is 45.4 Å². The molecule has 5 aromatic rings. The molecule has 0 spiro atoms. The molecular formula is C28H30N8O. The Balaban J connectivity index is 1.34. The van der Waals surface area contributed by atoms with Crippen LogP contribution in [0.5, 0.6) is 0 Å². The Morgan fingerprint density at radius 3 is 2.76 bits per heavy atom.